The molecule has 37 heavy (non-hydrogen) atoms. The van der Waals surface area contributed by atoms with Crippen LogP contribution >= 0.6 is 15.9 Å². The van der Waals surface area contributed by atoms with Gasteiger partial charge in [0, 0.05) is 48.7 Å². The topological polar surface area (TPSA) is 108 Å². The van der Waals surface area contributed by atoms with E-state index in [0.29, 0.717) is 26.2 Å². The molecule has 1 aliphatic heterocycles. The van der Waals surface area contributed by atoms with Crippen LogP contribution in [0.1, 0.15) is 20.7 Å². The zero-order valence-corrected chi connectivity index (χ0v) is 21.9. The number of fused-ring (bicyclic) bond motifs is 1. The van der Waals surface area contributed by atoms with Gasteiger partial charge < -0.3 is 14.9 Å². The van der Waals surface area contributed by atoms with Crippen LogP contribution in [0, 0.1) is 0 Å². The van der Waals surface area contributed by atoms with Crippen LogP contribution < -0.4 is 4.90 Å². The number of aromatic nitrogens is 1. The summed E-state index contributed by atoms with van der Waals surface area (Å²) in [5.74, 6) is -1.80. The average molecular weight is 580 g/mol. The first-order chi connectivity index (χ1) is 17.7. The molecule has 10 heteroatoms. The van der Waals surface area contributed by atoms with Crippen LogP contribution in [0.25, 0.3) is 10.8 Å². The van der Waals surface area contributed by atoms with Crippen LogP contribution in [0.4, 0.5) is 5.69 Å². The number of rotatable bonds is 5. The lowest BCUT2D eigenvalue weighted by molar-refractivity contribution is 0.0672. The molecule has 188 valence electrons. The molecule has 1 N–H and O–H groups in total. The molecular formula is C27H22BrN3O5S. The van der Waals surface area contributed by atoms with Crippen molar-refractivity contribution >= 4 is 54.1 Å². The molecular weight excluding hydrogens is 558 g/mol. The molecule has 0 unspecified atom stereocenters. The van der Waals surface area contributed by atoms with E-state index in [4.69, 9.17) is 0 Å². The van der Waals surface area contributed by atoms with Crippen molar-refractivity contribution in [3.05, 3.63) is 94.7 Å². The van der Waals surface area contributed by atoms with Crippen LogP contribution in [-0.2, 0) is 9.84 Å². The second-order valence-corrected chi connectivity index (χ2v) is 11.5. The van der Waals surface area contributed by atoms with Gasteiger partial charge in [0.15, 0.2) is 0 Å². The Hall–Kier alpha value is -3.76. The van der Waals surface area contributed by atoms with Gasteiger partial charge in [0.2, 0.25) is 9.84 Å². The van der Waals surface area contributed by atoms with Crippen molar-refractivity contribution in [2.75, 3.05) is 31.1 Å². The fraction of sp³-hybridized carbons (Fsp3) is 0.148. The second kappa shape index (κ2) is 9.95. The van der Waals surface area contributed by atoms with E-state index < -0.39 is 21.7 Å². The van der Waals surface area contributed by atoms with Gasteiger partial charge in [-0.3, -0.25) is 9.78 Å². The Labute approximate surface area is 222 Å². The van der Waals surface area contributed by atoms with E-state index in [1.165, 1.54) is 18.2 Å². The number of hydrogen-bond donors (Lipinski definition) is 1. The maximum Gasteiger partial charge on any atom is 0.336 e. The third-order valence-corrected chi connectivity index (χ3v) is 8.68. The highest BCUT2D eigenvalue weighted by Crippen LogP contribution is 2.28. The number of nitrogens with zero attached hydrogens (tertiary/aromatic N) is 3. The van der Waals surface area contributed by atoms with E-state index in [1.807, 2.05) is 24.3 Å². The highest BCUT2D eigenvalue weighted by Gasteiger charge is 2.28. The van der Waals surface area contributed by atoms with Crippen LogP contribution in [0.5, 0.6) is 0 Å². The van der Waals surface area contributed by atoms with Gasteiger partial charge in [-0.15, -0.1) is 0 Å². The Morgan fingerprint density at radius 2 is 1.41 bits per heavy atom. The molecule has 0 radical (unpaired) electrons. The van der Waals surface area contributed by atoms with E-state index in [0.717, 1.165) is 27.0 Å². The van der Waals surface area contributed by atoms with Gasteiger partial charge in [-0.1, -0.05) is 28.1 Å². The molecule has 1 fully saturated rings. The molecule has 1 saturated heterocycles. The highest BCUT2D eigenvalue weighted by molar-refractivity contribution is 9.10. The molecule has 0 bridgehead atoms. The monoisotopic (exact) mass is 579 g/mol. The summed E-state index contributed by atoms with van der Waals surface area (Å²) in [5, 5.41) is 11.4. The van der Waals surface area contributed by atoms with Crippen molar-refractivity contribution < 1.29 is 23.1 Å². The Bertz CT molecular complexity index is 1620. The largest absolute Gasteiger partial charge is 0.478 e. The van der Waals surface area contributed by atoms with Crippen LogP contribution in [0.15, 0.2) is 93.4 Å². The third kappa shape index (κ3) is 4.94. The number of pyridine rings is 1. The van der Waals surface area contributed by atoms with Crippen LogP contribution in [-0.4, -0.2) is 61.5 Å². The number of amides is 1. The van der Waals surface area contributed by atoms with Gasteiger partial charge in [-0.05, 0) is 65.4 Å². The fourth-order valence-electron chi connectivity index (χ4n) is 4.44. The third-order valence-electron chi connectivity index (χ3n) is 6.44. The zero-order valence-electron chi connectivity index (χ0n) is 19.5. The number of piperazine rings is 1. The number of benzene rings is 3. The lowest BCUT2D eigenvalue weighted by Crippen LogP contribution is -2.49. The van der Waals surface area contributed by atoms with Gasteiger partial charge in [0.1, 0.15) is 0 Å². The van der Waals surface area contributed by atoms with Crippen molar-refractivity contribution in [1.82, 2.24) is 9.88 Å². The summed E-state index contributed by atoms with van der Waals surface area (Å²) in [6.45, 7) is 1.99. The Morgan fingerprint density at radius 3 is 2.11 bits per heavy atom. The van der Waals surface area contributed by atoms with Crippen molar-refractivity contribution in [1.29, 1.82) is 0 Å². The maximum absolute atomic E-state index is 13.4. The number of halogens is 1. The molecule has 0 atom stereocenters. The molecule has 5 rings (SSSR count). The smallest absolute Gasteiger partial charge is 0.336 e. The number of anilines is 1. The van der Waals surface area contributed by atoms with Crippen LogP contribution in [0.3, 0.4) is 0 Å². The van der Waals surface area contributed by atoms with Gasteiger partial charge >= 0.3 is 5.97 Å². The van der Waals surface area contributed by atoms with Crippen molar-refractivity contribution in [3.8, 4) is 0 Å². The molecule has 4 aromatic rings. The SMILES string of the molecule is O=C(O)c1cc(S(=O)(=O)c2ccc3cc(Br)ccc3c2)ccc1C(=O)N1CCN(c2ccncc2)CC1. The van der Waals surface area contributed by atoms with Crippen molar-refractivity contribution in [2.45, 2.75) is 9.79 Å². The number of carboxylic acid groups (broad SMARTS) is 1. The Morgan fingerprint density at radius 1 is 0.784 bits per heavy atom. The number of carbonyl (C=O) groups is 2. The number of hydrogen-bond acceptors (Lipinski definition) is 6. The Kier molecular flexibility index (Phi) is 6.70. The summed E-state index contributed by atoms with van der Waals surface area (Å²) >= 11 is 3.40. The number of sulfone groups is 1. The summed E-state index contributed by atoms with van der Waals surface area (Å²) in [4.78, 5) is 32.9. The molecule has 2 heterocycles. The summed E-state index contributed by atoms with van der Waals surface area (Å²) in [6.07, 6.45) is 3.41. The van der Waals surface area contributed by atoms with Gasteiger partial charge in [-0.25, -0.2) is 13.2 Å². The summed E-state index contributed by atoms with van der Waals surface area (Å²) < 4.78 is 27.6. The first-order valence-electron chi connectivity index (χ1n) is 11.5. The van der Waals surface area contributed by atoms with Gasteiger partial charge in [-0.2, -0.15) is 0 Å². The number of aromatic carboxylic acids is 1. The number of carboxylic acids is 1. The molecule has 1 aliphatic rings. The molecule has 3 aromatic carbocycles. The molecule has 0 aliphatic carbocycles. The lowest BCUT2D eigenvalue weighted by atomic mass is 10.1. The average Bonchev–Trinajstić information content (AvgIpc) is 2.92. The normalized spacial score (nSPS) is 14.1. The fourth-order valence-corrected chi connectivity index (χ4v) is 6.15. The maximum atomic E-state index is 13.4. The second-order valence-electron chi connectivity index (χ2n) is 8.65. The first-order valence-corrected chi connectivity index (χ1v) is 13.8. The van der Waals surface area contributed by atoms with E-state index in [-0.39, 0.29) is 20.9 Å². The zero-order chi connectivity index (χ0) is 26.2. The minimum atomic E-state index is -4.01. The summed E-state index contributed by atoms with van der Waals surface area (Å²) in [6, 6.07) is 17.7. The summed E-state index contributed by atoms with van der Waals surface area (Å²) in [7, 11) is -4.01. The Balaban J connectivity index is 1.41. The minimum absolute atomic E-state index is 0.0350. The van der Waals surface area contributed by atoms with Gasteiger partial charge in [0.05, 0.1) is 20.9 Å². The predicted molar refractivity (Wildman–Crippen MR) is 143 cm³/mol. The number of carbonyl (C=O) groups excluding carboxylic acids is 1. The molecule has 1 aromatic heterocycles. The van der Waals surface area contributed by atoms with Crippen molar-refractivity contribution in [2.24, 2.45) is 0 Å². The quantitative estimate of drug-likeness (QED) is 0.371. The van der Waals surface area contributed by atoms with Crippen LogP contribution in [0.2, 0.25) is 0 Å². The van der Waals surface area contributed by atoms with Gasteiger partial charge in [0.25, 0.3) is 5.91 Å². The highest BCUT2D eigenvalue weighted by atomic mass is 79.9. The molecule has 0 spiro atoms. The molecule has 1 amide bonds. The molecule has 0 saturated carbocycles. The standard InChI is InChI=1S/C27H22BrN3O5S/c28-20-3-1-19-16-22(4-2-18(19)15-20)37(35,36)23-5-6-24(25(17-23)27(33)34)26(32)31-13-11-30(12-14-31)21-7-9-29-10-8-21/h1-10,15-17H,11-14H2,(H,33,34). The van der Waals surface area contributed by atoms with E-state index in [1.54, 1.807) is 35.5 Å². The van der Waals surface area contributed by atoms with Crippen molar-refractivity contribution in [3.63, 3.8) is 0 Å². The van der Waals surface area contributed by atoms with E-state index in [9.17, 15) is 23.1 Å². The lowest BCUT2D eigenvalue weighted by Gasteiger charge is -2.36. The molecule has 8 nitrogen and oxygen atoms in total. The first kappa shape index (κ1) is 24.9. The summed E-state index contributed by atoms with van der Waals surface area (Å²) in [5.41, 5.74) is 0.628. The van der Waals surface area contributed by atoms with E-state index in [2.05, 4.69) is 25.8 Å². The minimum Gasteiger partial charge on any atom is -0.478 e. The predicted octanol–water partition coefficient (Wildman–Crippen LogP) is 4.49. The van der Waals surface area contributed by atoms with E-state index >= 15 is 0 Å².